The molecule has 3 heteroatoms. The van der Waals surface area contributed by atoms with Crippen molar-refractivity contribution in [2.24, 2.45) is 0 Å². The minimum Gasteiger partial charge on any atom is -0.286 e. The van der Waals surface area contributed by atoms with Crippen molar-refractivity contribution in [3.05, 3.63) is 77.6 Å². The van der Waals surface area contributed by atoms with Gasteiger partial charge in [-0.2, -0.15) is 4.39 Å². The van der Waals surface area contributed by atoms with Gasteiger partial charge in [0.25, 0.3) is 0 Å². The van der Waals surface area contributed by atoms with Crippen LogP contribution in [0.3, 0.4) is 0 Å². The third-order valence-electron chi connectivity index (χ3n) is 2.46. The molecule has 0 spiro atoms. The maximum atomic E-state index is 13.7. The van der Waals surface area contributed by atoms with Gasteiger partial charge in [0.1, 0.15) is 0 Å². The summed E-state index contributed by atoms with van der Waals surface area (Å²) in [6, 6.07) is 15.5. The van der Waals surface area contributed by atoms with Crippen LogP contribution < -0.4 is 0 Å². The van der Waals surface area contributed by atoms with Crippen LogP contribution in [0.2, 0.25) is 0 Å². The van der Waals surface area contributed by atoms with E-state index in [0.29, 0.717) is 0 Å². The van der Waals surface area contributed by atoms with Crippen molar-refractivity contribution in [3.8, 4) is 0 Å². The van der Waals surface area contributed by atoms with Crippen molar-refractivity contribution in [1.82, 2.24) is 0 Å². The summed E-state index contributed by atoms with van der Waals surface area (Å²) < 4.78 is 27.5. The molecule has 0 aliphatic carbocycles. The van der Waals surface area contributed by atoms with Crippen LogP contribution in [0.25, 0.3) is 5.83 Å². The first kappa shape index (κ1) is 12.2. The molecule has 0 saturated carbocycles. The number of rotatable bonds is 3. The predicted octanol–water partition coefficient (Wildman–Crippen LogP) is 4.18. The smallest absolute Gasteiger partial charge is 0.224 e. The molecule has 0 aromatic heterocycles. The molecule has 0 fully saturated rings. The Morgan fingerprint density at radius 3 is 1.67 bits per heavy atom. The first-order valence-electron chi connectivity index (χ1n) is 5.40. The Labute approximate surface area is 103 Å². The zero-order valence-electron chi connectivity index (χ0n) is 9.44. The fourth-order valence-electron chi connectivity index (χ4n) is 1.53. The SMILES string of the molecule is O=C(C(F)=C(F)c1ccccc1)c1ccccc1. The van der Waals surface area contributed by atoms with Gasteiger partial charge in [0.05, 0.1) is 0 Å². The van der Waals surface area contributed by atoms with Crippen LogP contribution in [0, 0.1) is 0 Å². The summed E-state index contributed by atoms with van der Waals surface area (Å²) in [7, 11) is 0. The van der Waals surface area contributed by atoms with Crippen LogP contribution in [-0.4, -0.2) is 5.78 Å². The van der Waals surface area contributed by atoms with Crippen LogP contribution in [0.15, 0.2) is 66.5 Å². The van der Waals surface area contributed by atoms with Crippen molar-refractivity contribution in [2.45, 2.75) is 0 Å². The minimum atomic E-state index is -1.37. The molecule has 2 aromatic carbocycles. The van der Waals surface area contributed by atoms with E-state index in [1.807, 2.05) is 0 Å². The van der Waals surface area contributed by atoms with E-state index in [2.05, 4.69) is 0 Å². The highest BCUT2D eigenvalue weighted by Crippen LogP contribution is 2.23. The second kappa shape index (κ2) is 5.36. The van der Waals surface area contributed by atoms with E-state index in [-0.39, 0.29) is 11.1 Å². The van der Waals surface area contributed by atoms with Crippen LogP contribution in [0.1, 0.15) is 15.9 Å². The molecule has 2 rings (SSSR count). The molecule has 0 bridgehead atoms. The number of hydrogen-bond donors (Lipinski definition) is 0. The Hall–Kier alpha value is -2.29. The van der Waals surface area contributed by atoms with Gasteiger partial charge in [-0.15, -0.1) is 0 Å². The zero-order valence-corrected chi connectivity index (χ0v) is 9.44. The van der Waals surface area contributed by atoms with E-state index >= 15 is 0 Å². The van der Waals surface area contributed by atoms with Crippen LogP contribution in [0.4, 0.5) is 8.78 Å². The normalized spacial score (nSPS) is 11.9. The van der Waals surface area contributed by atoms with Gasteiger partial charge in [-0.05, 0) is 0 Å². The summed E-state index contributed by atoms with van der Waals surface area (Å²) >= 11 is 0. The molecule has 0 heterocycles. The Morgan fingerprint density at radius 2 is 1.17 bits per heavy atom. The molecule has 0 amide bonds. The van der Waals surface area contributed by atoms with Gasteiger partial charge in [-0.25, -0.2) is 4.39 Å². The molecule has 0 radical (unpaired) electrons. The molecular formula is C15H10F2O. The predicted molar refractivity (Wildman–Crippen MR) is 66.4 cm³/mol. The zero-order chi connectivity index (χ0) is 13.0. The maximum Gasteiger partial charge on any atom is 0.224 e. The summed E-state index contributed by atoms with van der Waals surface area (Å²) in [5, 5.41) is 0. The summed E-state index contributed by atoms with van der Waals surface area (Å²) in [6.07, 6.45) is 0. The summed E-state index contributed by atoms with van der Waals surface area (Å²) in [5.41, 5.74) is 0.181. The fourth-order valence-corrected chi connectivity index (χ4v) is 1.53. The van der Waals surface area contributed by atoms with Gasteiger partial charge in [-0.3, -0.25) is 4.79 Å². The van der Waals surface area contributed by atoms with E-state index in [1.54, 1.807) is 36.4 Å². The largest absolute Gasteiger partial charge is 0.286 e. The summed E-state index contributed by atoms with van der Waals surface area (Å²) in [6.45, 7) is 0. The highest BCUT2D eigenvalue weighted by Gasteiger charge is 2.18. The first-order valence-corrected chi connectivity index (χ1v) is 5.40. The number of benzene rings is 2. The lowest BCUT2D eigenvalue weighted by Gasteiger charge is -2.01. The highest BCUT2D eigenvalue weighted by atomic mass is 19.2. The Bertz CT molecular complexity index is 574. The molecule has 0 saturated heterocycles. The van der Waals surface area contributed by atoms with E-state index in [9.17, 15) is 13.6 Å². The van der Waals surface area contributed by atoms with Gasteiger partial charge in [0.15, 0.2) is 5.83 Å². The van der Waals surface area contributed by atoms with E-state index in [4.69, 9.17) is 0 Å². The van der Waals surface area contributed by atoms with E-state index < -0.39 is 17.4 Å². The Morgan fingerprint density at radius 1 is 0.722 bits per heavy atom. The number of Topliss-reactive ketones (excluding diaryl/α,β-unsaturated/α-hetero) is 1. The van der Waals surface area contributed by atoms with E-state index in [1.165, 1.54) is 24.3 Å². The lowest BCUT2D eigenvalue weighted by molar-refractivity contribution is 0.100. The minimum absolute atomic E-state index is 0.0549. The number of allylic oxidation sites excluding steroid dienone is 1. The van der Waals surface area contributed by atoms with Gasteiger partial charge in [0.2, 0.25) is 11.6 Å². The molecule has 18 heavy (non-hydrogen) atoms. The summed E-state index contributed by atoms with van der Waals surface area (Å²) in [5.74, 6) is -3.45. The summed E-state index contributed by atoms with van der Waals surface area (Å²) in [4.78, 5) is 11.7. The molecule has 0 unspecified atom stereocenters. The molecule has 0 atom stereocenters. The second-order valence-corrected chi connectivity index (χ2v) is 3.69. The number of carbonyl (C=O) groups excluding carboxylic acids is 1. The van der Waals surface area contributed by atoms with Crippen molar-refractivity contribution < 1.29 is 13.6 Å². The van der Waals surface area contributed by atoms with Crippen LogP contribution >= 0.6 is 0 Å². The lowest BCUT2D eigenvalue weighted by Crippen LogP contribution is -2.01. The molecule has 0 aliphatic heterocycles. The maximum absolute atomic E-state index is 13.7. The van der Waals surface area contributed by atoms with Crippen molar-refractivity contribution >= 4 is 11.6 Å². The van der Waals surface area contributed by atoms with Crippen LogP contribution in [-0.2, 0) is 0 Å². The lowest BCUT2D eigenvalue weighted by atomic mass is 10.1. The van der Waals surface area contributed by atoms with E-state index in [0.717, 1.165) is 0 Å². The Kier molecular flexibility index (Phi) is 3.63. The number of halogens is 2. The van der Waals surface area contributed by atoms with Crippen molar-refractivity contribution in [3.63, 3.8) is 0 Å². The van der Waals surface area contributed by atoms with Gasteiger partial charge in [-0.1, -0.05) is 60.7 Å². The quantitative estimate of drug-likeness (QED) is 0.584. The van der Waals surface area contributed by atoms with Gasteiger partial charge >= 0.3 is 0 Å². The molecular weight excluding hydrogens is 234 g/mol. The average Bonchev–Trinajstić information content (AvgIpc) is 2.47. The van der Waals surface area contributed by atoms with Crippen molar-refractivity contribution in [1.29, 1.82) is 0 Å². The van der Waals surface area contributed by atoms with Gasteiger partial charge < -0.3 is 0 Å². The molecule has 90 valence electrons. The molecule has 1 nitrogen and oxygen atoms in total. The van der Waals surface area contributed by atoms with Crippen molar-refractivity contribution in [2.75, 3.05) is 0 Å². The average molecular weight is 244 g/mol. The van der Waals surface area contributed by atoms with Gasteiger partial charge in [0, 0.05) is 11.1 Å². The molecule has 0 N–H and O–H groups in total. The third kappa shape index (κ3) is 2.51. The molecule has 0 aliphatic rings. The number of hydrogen-bond acceptors (Lipinski definition) is 1. The monoisotopic (exact) mass is 244 g/mol. The highest BCUT2D eigenvalue weighted by molar-refractivity contribution is 6.10. The second-order valence-electron chi connectivity index (χ2n) is 3.69. The topological polar surface area (TPSA) is 17.1 Å². The molecule has 2 aromatic rings. The number of carbonyl (C=O) groups is 1. The third-order valence-corrected chi connectivity index (χ3v) is 2.46. The Balaban J connectivity index is 2.37. The standard InChI is InChI=1S/C15H10F2O/c16-13(11-7-3-1-4-8-11)14(17)15(18)12-9-5-2-6-10-12/h1-10H. The fraction of sp³-hybridized carbons (Fsp3) is 0. The number of ketones is 1. The van der Waals surface area contributed by atoms with Crippen LogP contribution in [0.5, 0.6) is 0 Å². The first-order chi connectivity index (χ1) is 8.70.